The molecule has 9 nitrogen and oxygen atoms in total. The average Bonchev–Trinajstić information content (AvgIpc) is 3.21. The normalized spacial score (nSPS) is 33.3. The monoisotopic (exact) mass is 594 g/mol. The molecule has 0 saturated heterocycles. The first-order valence-electron chi connectivity index (χ1n) is 14.7. The second-order valence-corrected chi connectivity index (χ2v) is 12.4. The highest BCUT2D eigenvalue weighted by Gasteiger charge is 2.71. The van der Waals surface area contributed by atoms with E-state index < -0.39 is 59.1 Å². The predicted molar refractivity (Wildman–Crippen MR) is 158 cm³/mol. The van der Waals surface area contributed by atoms with Crippen LogP contribution in [0.1, 0.15) is 77.6 Å². The van der Waals surface area contributed by atoms with Crippen molar-refractivity contribution >= 4 is 23.9 Å². The van der Waals surface area contributed by atoms with E-state index in [1.165, 1.54) is 45.0 Å². The zero-order valence-electron chi connectivity index (χ0n) is 25.8. The topological polar surface area (TPSA) is 125 Å². The molecule has 2 saturated carbocycles. The first-order chi connectivity index (χ1) is 20.2. The number of rotatable bonds is 8. The van der Waals surface area contributed by atoms with E-state index in [1.807, 2.05) is 6.92 Å². The molecule has 0 amide bonds. The van der Waals surface area contributed by atoms with Crippen LogP contribution in [-0.2, 0) is 33.3 Å². The molecule has 1 aromatic carbocycles. The van der Waals surface area contributed by atoms with Crippen LogP contribution in [0.4, 0.5) is 0 Å². The van der Waals surface area contributed by atoms with Gasteiger partial charge in [-0.2, -0.15) is 0 Å². The zero-order valence-corrected chi connectivity index (χ0v) is 25.8. The molecule has 0 radical (unpaired) electrons. The summed E-state index contributed by atoms with van der Waals surface area (Å²) in [6.07, 6.45) is 4.42. The number of hydrogen-bond acceptors (Lipinski definition) is 9. The minimum Gasteiger partial charge on any atom is -0.508 e. The van der Waals surface area contributed by atoms with E-state index in [0.29, 0.717) is 24.8 Å². The van der Waals surface area contributed by atoms with Crippen LogP contribution in [0.2, 0.25) is 0 Å². The van der Waals surface area contributed by atoms with Crippen LogP contribution in [0.25, 0.3) is 0 Å². The van der Waals surface area contributed by atoms with Gasteiger partial charge in [-0.05, 0) is 79.4 Å². The number of esters is 4. The predicted octanol–water partition coefficient (Wildman–Crippen LogP) is 5.62. The Morgan fingerprint density at radius 2 is 1.51 bits per heavy atom. The summed E-state index contributed by atoms with van der Waals surface area (Å²) in [5.41, 5.74) is 0.406. The van der Waals surface area contributed by atoms with Crippen LogP contribution in [-0.4, -0.2) is 53.4 Å². The van der Waals surface area contributed by atoms with Crippen molar-refractivity contribution in [3.8, 4) is 5.75 Å². The summed E-state index contributed by atoms with van der Waals surface area (Å²) in [4.78, 5) is 50.7. The molecule has 0 bridgehead atoms. The SMILES string of the molecule is C=C/C(C)=C/C[C@]1(C)[C@H]2C[C@@H](OC(C)=O)C=C3[C@H](OC(C)=O)C[C@@H](OC(C)=O)[C@@]32[C@H](OC(=O)c2ccc(O)cc2)C[C@@H]1C. The van der Waals surface area contributed by atoms with Gasteiger partial charge in [0.25, 0.3) is 0 Å². The van der Waals surface area contributed by atoms with E-state index in [4.69, 9.17) is 18.9 Å². The van der Waals surface area contributed by atoms with Crippen LogP contribution in [0.15, 0.2) is 60.2 Å². The maximum atomic E-state index is 13.6. The second-order valence-electron chi connectivity index (χ2n) is 12.4. The van der Waals surface area contributed by atoms with Crippen molar-refractivity contribution in [3.05, 3.63) is 65.8 Å². The lowest BCUT2D eigenvalue weighted by Crippen LogP contribution is -2.63. The number of allylic oxidation sites excluding steroid dienone is 3. The van der Waals surface area contributed by atoms with E-state index in [2.05, 4.69) is 26.5 Å². The van der Waals surface area contributed by atoms with Crippen molar-refractivity contribution in [3.63, 3.8) is 0 Å². The summed E-state index contributed by atoms with van der Waals surface area (Å²) >= 11 is 0. The minimum absolute atomic E-state index is 0.0117. The maximum Gasteiger partial charge on any atom is 0.338 e. The number of phenols is 1. The molecular weight excluding hydrogens is 552 g/mol. The molecule has 3 aliphatic carbocycles. The van der Waals surface area contributed by atoms with Crippen molar-refractivity contribution in [1.82, 2.24) is 0 Å². The van der Waals surface area contributed by atoms with Gasteiger partial charge < -0.3 is 24.1 Å². The first kappa shape index (κ1) is 32.0. The van der Waals surface area contributed by atoms with Crippen molar-refractivity contribution < 1.29 is 43.2 Å². The summed E-state index contributed by atoms with van der Waals surface area (Å²) in [5, 5.41) is 9.75. The Morgan fingerprint density at radius 3 is 2.09 bits per heavy atom. The highest BCUT2D eigenvalue weighted by Crippen LogP contribution is 2.68. The van der Waals surface area contributed by atoms with Gasteiger partial charge in [0.1, 0.15) is 30.2 Å². The minimum atomic E-state index is -1.06. The Bertz CT molecular complexity index is 1340. The van der Waals surface area contributed by atoms with Gasteiger partial charge in [0.15, 0.2) is 0 Å². The van der Waals surface area contributed by atoms with E-state index in [-0.39, 0.29) is 29.6 Å². The van der Waals surface area contributed by atoms with Gasteiger partial charge in [-0.15, -0.1) is 0 Å². The van der Waals surface area contributed by atoms with Crippen molar-refractivity contribution in [2.75, 3.05) is 0 Å². The fraction of sp³-hybridized carbons (Fsp3) is 0.529. The Morgan fingerprint density at radius 1 is 0.907 bits per heavy atom. The maximum absolute atomic E-state index is 13.6. The summed E-state index contributed by atoms with van der Waals surface area (Å²) in [6, 6.07) is 5.80. The van der Waals surface area contributed by atoms with Gasteiger partial charge in [-0.3, -0.25) is 14.4 Å². The number of hydrogen-bond donors (Lipinski definition) is 1. The molecule has 1 spiro atoms. The summed E-state index contributed by atoms with van der Waals surface area (Å²) in [6.45, 7) is 14.1. The van der Waals surface area contributed by atoms with Gasteiger partial charge >= 0.3 is 23.9 Å². The molecule has 2 fully saturated rings. The number of phenolic OH excluding ortho intramolecular Hbond substituents is 1. The number of ether oxygens (including phenoxy) is 4. The van der Waals surface area contributed by atoms with Crippen molar-refractivity contribution in [1.29, 1.82) is 0 Å². The largest absolute Gasteiger partial charge is 0.508 e. The Labute approximate surface area is 252 Å². The smallest absolute Gasteiger partial charge is 0.338 e. The molecule has 43 heavy (non-hydrogen) atoms. The van der Waals surface area contributed by atoms with Gasteiger partial charge in [-0.1, -0.05) is 38.2 Å². The number of aromatic hydroxyl groups is 1. The molecular formula is C34H42O9. The lowest BCUT2D eigenvalue weighted by Gasteiger charge is -2.61. The van der Waals surface area contributed by atoms with Gasteiger partial charge in [0, 0.05) is 27.2 Å². The third-order valence-corrected chi connectivity index (χ3v) is 9.71. The average molecular weight is 595 g/mol. The fourth-order valence-electron chi connectivity index (χ4n) is 7.62. The highest BCUT2D eigenvalue weighted by molar-refractivity contribution is 5.89. The number of benzene rings is 1. The molecule has 8 atom stereocenters. The lowest BCUT2D eigenvalue weighted by atomic mass is 9.44. The van der Waals surface area contributed by atoms with Gasteiger partial charge in [0.2, 0.25) is 0 Å². The summed E-state index contributed by atoms with van der Waals surface area (Å²) in [5.74, 6) is -2.34. The third kappa shape index (κ3) is 6.12. The molecule has 9 heteroatoms. The van der Waals surface area contributed by atoms with E-state index >= 15 is 0 Å². The van der Waals surface area contributed by atoms with Crippen LogP contribution in [0, 0.1) is 22.7 Å². The third-order valence-electron chi connectivity index (χ3n) is 9.71. The van der Waals surface area contributed by atoms with Crippen LogP contribution >= 0.6 is 0 Å². The second kappa shape index (κ2) is 12.4. The van der Waals surface area contributed by atoms with Gasteiger partial charge in [0.05, 0.1) is 11.0 Å². The Kier molecular flexibility index (Phi) is 9.23. The molecule has 232 valence electrons. The van der Waals surface area contributed by atoms with Crippen LogP contribution in [0.3, 0.4) is 0 Å². The molecule has 0 aromatic heterocycles. The van der Waals surface area contributed by atoms with Gasteiger partial charge in [-0.25, -0.2) is 4.79 Å². The van der Waals surface area contributed by atoms with Crippen LogP contribution < -0.4 is 0 Å². The highest BCUT2D eigenvalue weighted by atomic mass is 16.6. The fourth-order valence-corrected chi connectivity index (χ4v) is 7.62. The van der Waals surface area contributed by atoms with Crippen molar-refractivity contribution in [2.45, 2.75) is 91.6 Å². The van der Waals surface area contributed by atoms with Crippen LogP contribution in [0.5, 0.6) is 5.75 Å². The summed E-state index contributed by atoms with van der Waals surface area (Å²) < 4.78 is 24.0. The summed E-state index contributed by atoms with van der Waals surface area (Å²) in [7, 11) is 0. The van der Waals surface area contributed by atoms with Crippen molar-refractivity contribution in [2.24, 2.45) is 22.7 Å². The first-order valence-corrected chi connectivity index (χ1v) is 14.7. The number of carbonyl (C=O) groups excluding carboxylic acids is 4. The number of carbonyl (C=O) groups is 4. The Hall–Kier alpha value is -3.88. The Balaban J connectivity index is 1.95. The molecule has 0 unspecified atom stereocenters. The zero-order chi connectivity index (χ0) is 31.7. The quantitative estimate of drug-likeness (QED) is 0.177. The molecule has 0 heterocycles. The molecule has 1 N–H and O–H groups in total. The molecule has 3 aliphatic rings. The lowest BCUT2D eigenvalue weighted by molar-refractivity contribution is -0.193. The van der Waals surface area contributed by atoms with E-state index in [0.717, 1.165) is 5.57 Å². The van der Waals surface area contributed by atoms with E-state index in [9.17, 15) is 24.3 Å². The molecule has 0 aliphatic heterocycles. The molecule has 4 rings (SSSR count). The molecule has 1 aromatic rings. The standard InChI is InChI=1S/C34H42O9/c1-8-19(2)13-14-33(7)20(3)15-30(43-32(39)24-9-11-25(38)12-10-24)34-27(16-26(17-29(33)34)40-21(4)35)28(41-22(5)36)18-31(34)42-23(6)37/h8-13,16,20,26,28-31,38H,1,14-15,17-18H2,2-7H3/b19-13+/t20-,26-,28+,29+,30+,31+,33-,34-/m0/s1. The van der Waals surface area contributed by atoms with E-state index in [1.54, 1.807) is 12.2 Å².